The number of anilines is 2. The van der Waals surface area contributed by atoms with Crippen LogP contribution in [0, 0.1) is 0 Å². The Hall–Kier alpha value is -3.84. The van der Waals surface area contributed by atoms with Gasteiger partial charge in [-0.3, -0.25) is 0 Å². The Morgan fingerprint density at radius 3 is 1.59 bits per heavy atom. The summed E-state index contributed by atoms with van der Waals surface area (Å²) in [6.45, 7) is 0. The summed E-state index contributed by atoms with van der Waals surface area (Å²) in [5.74, 6) is 0. The molecule has 4 aromatic rings. The first-order valence-electron chi connectivity index (χ1n) is 11.5. The molecular formula is C31H21N. The van der Waals surface area contributed by atoms with Crippen molar-refractivity contribution in [2.75, 3.05) is 4.90 Å². The lowest BCUT2D eigenvalue weighted by Gasteiger charge is -2.45. The molecule has 0 saturated heterocycles. The van der Waals surface area contributed by atoms with Crippen molar-refractivity contribution in [1.82, 2.24) is 0 Å². The van der Waals surface area contributed by atoms with Crippen LogP contribution in [-0.4, -0.2) is 0 Å². The van der Waals surface area contributed by atoms with Gasteiger partial charge in [-0.15, -0.1) is 0 Å². The first kappa shape index (κ1) is 16.8. The van der Waals surface area contributed by atoms with Crippen LogP contribution < -0.4 is 4.90 Å². The summed E-state index contributed by atoms with van der Waals surface area (Å²) in [5.41, 5.74) is 16.5. The van der Waals surface area contributed by atoms with Crippen LogP contribution in [0.15, 0.2) is 84.9 Å². The largest absolute Gasteiger partial charge is 0.329 e. The van der Waals surface area contributed by atoms with Crippen molar-refractivity contribution in [1.29, 1.82) is 0 Å². The molecule has 0 unspecified atom stereocenters. The molecule has 0 aromatic heterocycles. The van der Waals surface area contributed by atoms with Crippen LogP contribution >= 0.6 is 0 Å². The molecule has 150 valence electrons. The highest BCUT2D eigenvalue weighted by atomic mass is 15.2. The third kappa shape index (κ3) is 2.04. The summed E-state index contributed by atoms with van der Waals surface area (Å²) < 4.78 is 0. The van der Waals surface area contributed by atoms with E-state index in [1.807, 2.05) is 0 Å². The van der Waals surface area contributed by atoms with E-state index in [2.05, 4.69) is 102 Å². The SMILES string of the molecule is C1=Cc2cc3c(cc2C1)-c1ccccc1C1c2ccccc2-c2cc4c(cc2N31)C=CC4. The van der Waals surface area contributed by atoms with Crippen molar-refractivity contribution in [3.63, 3.8) is 0 Å². The van der Waals surface area contributed by atoms with Crippen LogP contribution in [0.3, 0.4) is 0 Å². The van der Waals surface area contributed by atoms with Crippen molar-refractivity contribution < 1.29 is 0 Å². The second-order valence-electron chi connectivity index (χ2n) is 9.30. The molecule has 2 aliphatic heterocycles. The van der Waals surface area contributed by atoms with Gasteiger partial charge in [-0.2, -0.15) is 0 Å². The van der Waals surface area contributed by atoms with E-state index in [0.717, 1.165) is 12.8 Å². The van der Waals surface area contributed by atoms with Gasteiger partial charge >= 0.3 is 0 Å². The van der Waals surface area contributed by atoms with E-state index in [1.54, 1.807) is 0 Å². The lowest BCUT2D eigenvalue weighted by Crippen LogP contribution is -2.32. The van der Waals surface area contributed by atoms with Crippen LogP contribution in [0.1, 0.15) is 39.4 Å². The molecule has 0 N–H and O–H groups in total. The van der Waals surface area contributed by atoms with Gasteiger partial charge in [0.2, 0.25) is 0 Å². The van der Waals surface area contributed by atoms with Crippen LogP contribution in [0.2, 0.25) is 0 Å². The monoisotopic (exact) mass is 407 g/mol. The topological polar surface area (TPSA) is 3.24 Å². The Kier molecular flexibility index (Phi) is 3.09. The Morgan fingerprint density at radius 1 is 0.562 bits per heavy atom. The number of allylic oxidation sites excluding steroid dienone is 2. The molecule has 2 aliphatic carbocycles. The van der Waals surface area contributed by atoms with E-state index in [4.69, 9.17) is 0 Å². The summed E-state index contributed by atoms with van der Waals surface area (Å²) in [5, 5.41) is 0. The summed E-state index contributed by atoms with van der Waals surface area (Å²) in [6, 6.07) is 28.0. The molecule has 8 rings (SSSR count). The van der Waals surface area contributed by atoms with E-state index < -0.39 is 0 Å². The molecule has 0 fully saturated rings. The summed E-state index contributed by atoms with van der Waals surface area (Å²) in [6.07, 6.45) is 11.2. The highest BCUT2D eigenvalue weighted by Gasteiger charge is 2.39. The van der Waals surface area contributed by atoms with Gasteiger partial charge in [0.1, 0.15) is 0 Å². The first-order valence-corrected chi connectivity index (χ1v) is 11.5. The molecule has 0 saturated carbocycles. The average molecular weight is 408 g/mol. The normalized spacial score (nSPS) is 16.1. The van der Waals surface area contributed by atoms with Gasteiger partial charge in [-0.25, -0.2) is 0 Å². The smallest absolute Gasteiger partial charge is 0.0857 e. The van der Waals surface area contributed by atoms with Crippen molar-refractivity contribution in [3.8, 4) is 22.3 Å². The number of hydrogen-bond donors (Lipinski definition) is 0. The van der Waals surface area contributed by atoms with Crippen molar-refractivity contribution >= 4 is 23.5 Å². The molecule has 32 heavy (non-hydrogen) atoms. The van der Waals surface area contributed by atoms with Crippen LogP contribution in [0.5, 0.6) is 0 Å². The third-order valence-corrected chi connectivity index (χ3v) is 7.65. The zero-order valence-corrected chi connectivity index (χ0v) is 17.7. The minimum Gasteiger partial charge on any atom is -0.329 e. The van der Waals surface area contributed by atoms with Crippen molar-refractivity contribution in [2.24, 2.45) is 0 Å². The van der Waals surface area contributed by atoms with Crippen LogP contribution in [0.4, 0.5) is 11.4 Å². The molecule has 4 aromatic carbocycles. The molecule has 4 aliphatic rings. The Balaban J connectivity index is 1.52. The number of nitrogens with zero attached hydrogens (tertiary/aromatic N) is 1. The highest BCUT2D eigenvalue weighted by molar-refractivity contribution is 5.99. The quantitative estimate of drug-likeness (QED) is 0.288. The summed E-state index contributed by atoms with van der Waals surface area (Å²) >= 11 is 0. The molecule has 0 radical (unpaired) electrons. The fourth-order valence-corrected chi connectivity index (χ4v) is 6.23. The first-order chi connectivity index (χ1) is 15.9. The molecule has 1 nitrogen and oxygen atoms in total. The maximum absolute atomic E-state index is 2.62. The second-order valence-corrected chi connectivity index (χ2v) is 9.30. The third-order valence-electron chi connectivity index (χ3n) is 7.65. The zero-order chi connectivity index (χ0) is 20.8. The Morgan fingerprint density at radius 2 is 1.06 bits per heavy atom. The molecule has 0 spiro atoms. The van der Waals surface area contributed by atoms with Crippen molar-refractivity contribution in [2.45, 2.75) is 18.9 Å². The molecular weight excluding hydrogens is 386 g/mol. The minimum atomic E-state index is 0.189. The second kappa shape index (κ2) is 5.89. The number of hydrogen-bond acceptors (Lipinski definition) is 1. The van der Waals surface area contributed by atoms with Gasteiger partial charge in [0.05, 0.1) is 17.4 Å². The van der Waals surface area contributed by atoms with Gasteiger partial charge in [0.25, 0.3) is 0 Å². The zero-order valence-electron chi connectivity index (χ0n) is 17.7. The highest BCUT2D eigenvalue weighted by Crippen LogP contribution is 2.58. The fourth-order valence-electron chi connectivity index (χ4n) is 6.23. The number of rotatable bonds is 0. The Labute approximate surface area is 188 Å². The predicted octanol–water partition coefficient (Wildman–Crippen LogP) is 7.71. The maximum Gasteiger partial charge on any atom is 0.0857 e. The van der Waals surface area contributed by atoms with Gasteiger partial charge in [0.15, 0.2) is 0 Å². The van der Waals surface area contributed by atoms with E-state index in [0.29, 0.717) is 0 Å². The van der Waals surface area contributed by atoms with E-state index in [1.165, 1.54) is 67.0 Å². The van der Waals surface area contributed by atoms with Crippen LogP contribution in [0.25, 0.3) is 34.4 Å². The van der Waals surface area contributed by atoms with Gasteiger partial charge in [-0.1, -0.05) is 72.8 Å². The molecule has 0 bridgehead atoms. The summed E-state index contributed by atoms with van der Waals surface area (Å²) in [4.78, 5) is 2.62. The minimum absolute atomic E-state index is 0.189. The van der Waals surface area contributed by atoms with E-state index in [9.17, 15) is 0 Å². The average Bonchev–Trinajstić information content (AvgIpc) is 3.50. The van der Waals surface area contributed by atoms with Gasteiger partial charge in [0, 0.05) is 11.1 Å². The molecule has 1 heteroatoms. The molecule has 0 atom stereocenters. The van der Waals surface area contributed by atoms with Crippen LogP contribution in [-0.2, 0) is 12.8 Å². The summed E-state index contributed by atoms with van der Waals surface area (Å²) in [7, 11) is 0. The molecule has 2 heterocycles. The van der Waals surface area contributed by atoms with E-state index >= 15 is 0 Å². The van der Waals surface area contributed by atoms with Gasteiger partial charge < -0.3 is 4.90 Å². The standard InChI is InChI=1S/C31H21N/c1-3-13-25-23(11-1)27-15-19-7-5-9-21(19)17-29(27)32-30-18-22-10-6-8-20(22)16-28(30)24-12-2-4-14-26(24)31(25)32/h1-6,9-18,31H,7-8H2. The lowest BCUT2D eigenvalue weighted by atomic mass is 9.77. The fraction of sp³-hybridized carbons (Fsp3) is 0.0968. The van der Waals surface area contributed by atoms with Gasteiger partial charge in [-0.05, 0) is 81.6 Å². The number of fused-ring (bicyclic) bond motifs is 13. The number of benzene rings is 4. The van der Waals surface area contributed by atoms with E-state index in [-0.39, 0.29) is 6.04 Å². The lowest BCUT2D eigenvalue weighted by molar-refractivity contribution is 0.801. The Bertz CT molecular complexity index is 1420. The predicted molar refractivity (Wildman–Crippen MR) is 133 cm³/mol. The molecule has 0 amide bonds. The maximum atomic E-state index is 2.62. The van der Waals surface area contributed by atoms with Crippen molar-refractivity contribution in [3.05, 3.63) is 118 Å².